The van der Waals surface area contributed by atoms with E-state index in [1.165, 1.54) is 12.8 Å². The molecule has 108 valence electrons. The van der Waals surface area contributed by atoms with Crippen LogP contribution in [0.5, 0.6) is 0 Å². The van der Waals surface area contributed by atoms with Crippen molar-refractivity contribution in [3.8, 4) is 0 Å². The Bertz CT molecular complexity index is 221. The lowest BCUT2D eigenvalue weighted by molar-refractivity contribution is 0.00688. The van der Waals surface area contributed by atoms with Crippen molar-refractivity contribution in [1.82, 2.24) is 5.32 Å². The molecule has 0 heterocycles. The number of aliphatic hydroxyl groups is 1. The molecule has 0 amide bonds. The second-order valence-corrected chi connectivity index (χ2v) is 5.73. The summed E-state index contributed by atoms with van der Waals surface area (Å²) in [5.41, 5.74) is -0.112. The van der Waals surface area contributed by atoms with E-state index in [9.17, 15) is 5.11 Å². The van der Waals surface area contributed by atoms with Crippen LogP contribution in [0.1, 0.15) is 46.0 Å². The highest BCUT2D eigenvalue weighted by Crippen LogP contribution is 2.24. The molecule has 0 aromatic rings. The lowest BCUT2D eigenvalue weighted by Crippen LogP contribution is -2.46. The van der Waals surface area contributed by atoms with Crippen molar-refractivity contribution in [2.45, 2.75) is 63.6 Å². The van der Waals surface area contributed by atoms with Gasteiger partial charge in [0.1, 0.15) is 0 Å². The zero-order valence-corrected chi connectivity index (χ0v) is 12.1. The number of rotatable bonds is 11. The minimum atomic E-state index is -0.112. The number of hydrogen-bond donors (Lipinski definition) is 2. The minimum Gasteiger partial charge on any atom is -0.394 e. The summed E-state index contributed by atoms with van der Waals surface area (Å²) in [5.74, 6) is 0. The molecule has 0 saturated heterocycles. The predicted molar refractivity (Wildman–Crippen MR) is 72.8 cm³/mol. The molecule has 4 heteroatoms. The average molecular weight is 259 g/mol. The zero-order chi connectivity index (χ0) is 13.4. The van der Waals surface area contributed by atoms with E-state index in [0.29, 0.717) is 12.6 Å². The molecular formula is C14H29NO3. The van der Waals surface area contributed by atoms with Gasteiger partial charge in [-0.2, -0.15) is 0 Å². The van der Waals surface area contributed by atoms with Crippen LogP contribution < -0.4 is 5.32 Å². The average Bonchev–Trinajstić information content (AvgIpc) is 3.13. The molecule has 0 aromatic carbocycles. The van der Waals surface area contributed by atoms with Crippen LogP contribution in [-0.4, -0.2) is 49.7 Å². The Morgan fingerprint density at radius 2 is 2.11 bits per heavy atom. The molecule has 18 heavy (non-hydrogen) atoms. The first kappa shape index (κ1) is 15.9. The van der Waals surface area contributed by atoms with Crippen molar-refractivity contribution in [2.75, 3.05) is 26.9 Å². The Morgan fingerprint density at radius 3 is 2.67 bits per heavy atom. The number of aliphatic hydroxyl groups excluding tert-OH is 1. The van der Waals surface area contributed by atoms with Crippen LogP contribution in [0.4, 0.5) is 0 Å². The minimum absolute atomic E-state index is 0.112. The van der Waals surface area contributed by atoms with Gasteiger partial charge in [-0.15, -0.1) is 0 Å². The molecule has 1 aliphatic rings. The van der Waals surface area contributed by atoms with Crippen LogP contribution in [0.2, 0.25) is 0 Å². The van der Waals surface area contributed by atoms with Crippen molar-refractivity contribution in [3.63, 3.8) is 0 Å². The number of nitrogens with one attached hydrogen (secondary N) is 1. The van der Waals surface area contributed by atoms with Crippen LogP contribution in [0.25, 0.3) is 0 Å². The Labute approximate surface area is 111 Å². The quantitative estimate of drug-likeness (QED) is 0.555. The van der Waals surface area contributed by atoms with Gasteiger partial charge < -0.3 is 19.9 Å². The second-order valence-electron chi connectivity index (χ2n) is 5.73. The molecule has 1 saturated carbocycles. The number of unbranched alkanes of at least 4 members (excludes halogenated alkanes) is 1. The van der Waals surface area contributed by atoms with Crippen LogP contribution in [-0.2, 0) is 9.47 Å². The second kappa shape index (κ2) is 8.10. The molecule has 2 N–H and O–H groups in total. The molecule has 0 bridgehead atoms. The van der Waals surface area contributed by atoms with Gasteiger partial charge in [0.05, 0.1) is 19.3 Å². The topological polar surface area (TPSA) is 50.7 Å². The number of ether oxygens (including phenoxy) is 2. The molecular weight excluding hydrogens is 230 g/mol. The van der Waals surface area contributed by atoms with Gasteiger partial charge in [0.15, 0.2) is 0 Å². The zero-order valence-electron chi connectivity index (χ0n) is 12.1. The summed E-state index contributed by atoms with van der Waals surface area (Å²) in [6.07, 6.45) is 5.80. The summed E-state index contributed by atoms with van der Waals surface area (Å²) in [7, 11) is 1.69. The van der Waals surface area contributed by atoms with Gasteiger partial charge >= 0.3 is 0 Å². The largest absolute Gasteiger partial charge is 0.394 e. The van der Waals surface area contributed by atoms with E-state index in [-0.39, 0.29) is 18.2 Å². The molecule has 0 spiro atoms. The van der Waals surface area contributed by atoms with E-state index in [1.54, 1.807) is 7.11 Å². The first-order valence-electron chi connectivity index (χ1n) is 7.09. The molecule has 1 fully saturated rings. The Kier molecular flexibility index (Phi) is 7.15. The third kappa shape index (κ3) is 6.69. The van der Waals surface area contributed by atoms with Gasteiger partial charge in [-0.05, 0) is 46.0 Å². The Morgan fingerprint density at radius 1 is 1.39 bits per heavy atom. The van der Waals surface area contributed by atoms with Crippen molar-refractivity contribution in [2.24, 2.45) is 0 Å². The number of methoxy groups -OCH3 is 1. The molecule has 0 aromatic heterocycles. The van der Waals surface area contributed by atoms with E-state index in [0.717, 1.165) is 25.9 Å². The molecule has 1 rings (SSSR count). The van der Waals surface area contributed by atoms with Gasteiger partial charge in [-0.1, -0.05) is 0 Å². The van der Waals surface area contributed by atoms with Gasteiger partial charge in [-0.25, -0.2) is 0 Å². The summed E-state index contributed by atoms with van der Waals surface area (Å²) in [6.45, 7) is 5.77. The highest BCUT2D eigenvalue weighted by Gasteiger charge is 2.31. The van der Waals surface area contributed by atoms with Crippen LogP contribution in [0, 0.1) is 0 Å². The maximum atomic E-state index is 9.47. The van der Waals surface area contributed by atoms with E-state index >= 15 is 0 Å². The number of hydrogen-bond acceptors (Lipinski definition) is 4. The Hall–Kier alpha value is -0.160. The summed E-state index contributed by atoms with van der Waals surface area (Å²) in [6, 6.07) is 0.639. The van der Waals surface area contributed by atoms with Gasteiger partial charge in [0, 0.05) is 25.3 Å². The SMILES string of the molecule is COCC(C)OCCCCC(C)(CO)NC1CC1. The lowest BCUT2D eigenvalue weighted by atomic mass is 9.95. The van der Waals surface area contributed by atoms with Gasteiger partial charge in [0.25, 0.3) is 0 Å². The van der Waals surface area contributed by atoms with E-state index in [4.69, 9.17) is 9.47 Å². The van der Waals surface area contributed by atoms with E-state index in [1.807, 2.05) is 6.92 Å². The third-order valence-electron chi connectivity index (χ3n) is 3.41. The summed E-state index contributed by atoms with van der Waals surface area (Å²) in [4.78, 5) is 0. The van der Waals surface area contributed by atoms with Crippen LogP contribution in [0.3, 0.4) is 0 Å². The fraction of sp³-hybridized carbons (Fsp3) is 1.00. The first-order chi connectivity index (χ1) is 8.59. The fourth-order valence-electron chi connectivity index (χ4n) is 2.10. The third-order valence-corrected chi connectivity index (χ3v) is 3.41. The normalized spacial score (nSPS) is 20.7. The van der Waals surface area contributed by atoms with Crippen LogP contribution >= 0.6 is 0 Å². The predicted octanol–water partition coefficient (Wildman–Crippen LogP) is 1.71. The van der Waals surface area contributed by atoms with Gasteiger partial charge in [-0.3, -0.25) is 0 Å². The Balaban J connectivity index is 2.04. The standard InChI is InChI=1S/C14H29NO3/c1-12(10-17-3)18-9-5-4-8-14(2,11-16)15-13-6-7-13/h12-13,15-16H,4-11H2,1-3H3. The fourth-order valence-corrected chi connectivity index (χ4v) is 2.10. The lowest BCUT2D eigenvalue weighted by Gasteiger charge is -2.29. The van der Waals surface area contributed by atoms with E-state index in [2.05, 4.69) is 12.2 Å². The van der Waals surface area contributed by atoms with Crippen molar-refractivity contribution in [3.05, 3.63) is 0 Å². The van der Waals surface area contributed by atoms with E-state index < -0.39 is 0 Å². The maximum Gasteiger partial charge on any atom is 0.0780 e. The highest BCUT2D eigenvalue weighted by atomic mass is 16.5. The molecule has 2 atom stereocenters. The summed E-state index contributed by atoms with van der Waals surface area (Å²) < 4.78 is 10.6. The summed E-state index contributed by atoms with van der Waals surface area (Å²) in [5, 5.41) is 13.0. The van der Waals surface area contributed by atoms with Crippen LogP contribution in [0.15, 0.2) is 0 Å². The molecule has 0 radical (unpaired) electrons. The maximum absolute atomic E-state index is 9.47. The smallest absolute Gasteiger partial charge is 0.0780 e. The van der Waals surface area contributed by atoms with Crippen molar-refractivity contribution >= 4 is 0 Å². The molecule has 4 nitrogen and oxygen atoms in total. The highest BCUT2D eigenvalue weighted by molar-refractivity contribution is 4.92. The first-order valence-corrected chi connectivity index (χ1v) is 7.09. The molecule has 0 aliphatic heterocycles. The molecule has 2 unspecified atom stereocenters. The monoisotopic (exact) mass is 259 g/mol. The van der Waals surface area contributed by atoms with Gasteiger partial charge in [0.2, 0.25) is 0 Å². The molecule has 1 aliphatic carbocycles. The van der Waals surface area contributed by atoms with Crippen molar-refractivity contribution < 1.29 is 14.6 Å². The van der Waals surface area contributed by atoms with Crippen molar-refractivity contribution in [1.29, 1.82) is 0 Å². The summed E-state index contributed by atoms with van der Waals surface area (Å²) >= 11 is 0.